The predicted molar refractivity (Wildman–Crippen MR) is 78.9 cm³/mol. The van der Waals surface area contributed by atoms with E-state index < -0.39 is 0 Å². The third-order valence-electron chi connectivity index (χ3n) is 2.98. The van der Waals surface area contributed by atoms with Gasteiger partial charge in [-0.3, -0.25) is 9.69 Å². The highest BCUT2D eigenvalue weighted by Crippen LogP contribution is 2.01. The van der Waals surface area contributed by atoms with Crippen molar-refractivity contribution in [3.63, 3.8) is 0 Å². The SMILES string of the molecule is COCCN(CCOC)CCC(NC(C)C)C(=O)OC. The lowest BCUT2D eigenvalue weighted by Gasteiger charge is -2.25. The van der Waals surface area contributed by atoms with Gasteiger partial charge in [0.25, 0.3) is 0 Å². The summed E-state index contributed by atoms with van der Waals surface area (Å²) in [6.07, 6.45) is 0.707. The molecule has 1 N–H and O–H groups in total. The van der Waals surface area contributed by atoms with E-state index in [2.05, 4.69) is 10.2 Å². The molecule has 0 radical (unpaired) electrons. The minimum absolute atomic E-state index is 0.211. The van der Waals surface area contributed by atoms with Gasteiger partial charge in [0.15, 0.2) is 0 Å². The molecule has 0 aromatic heterocycles. The van der Waals surface area contributed by atoms with Gasteiger partial charge in [0.1, 0.15) is 6.04 Å². The Balaban J connectivity index is 4.31. The first-order chi connectivity index (χ1) is 9.54. The highest BCUT2D eigenvalue weighted by atomic mass is 16.5. The fourth-order valence-corrected chi connectivity index (χ4v) is 1.90. The second-order valence-electron chi connectivity index (χ2n) is 5.01. The van der Waals surface area contributed by atoms with Crippen LogP contribution in [0.2, 0.25) is 0 Å². The lowest BCUT2D eigenvalue weighted by Crippen LogP contribution is -2.44. The molecule has 6 nitrogen and oxygen atoms in total. The molecule has 0 spiro atoms. The van der Waals surface area contributed by atoms with Crippen LogP contribution in [-0.2, 0) is 19.0 Å². The van der Waals surface area contributed by atoms with Crippen molar-refractivity contribution in [3.05, 3.63) is 0 Å². The number of rotatable bonds is 12. The summed E-state index contributed by atoms with van der Waals surface area (Å²) in [7, 11) is 4.79. The maximum Gasteiger partial charge on any atom is 0.322 e. The van der Waals surface area contributed by atoms with Gasteiger partial charge in [-0.1, -0.05) is 13.8 Å². The normalized spacial score (nSPS) is 12.9. The molecule has 0 saturated heterocycles. The van der Waals surface area contributed by atoms with E-state index in [4.69, 9.17) is 14.2 Å². The number of esters is 1. The van der Waals surface area contributed by atoms with Crippen LogP contribution in [-0.4, -0.2) is 77.1 Å². The molecule has 0 aliphatic rings. The van der Waals surface area contributed by atoms with Gasteiger partial charge < -0.3 is 19.5 Å². The number of methoxy groups -OCH3 is 3. The molecular weight excluding hydrogens is 260 g/mol. The lowest BCUT2D eigenvalue weighted by atomic mass is 10.1. The van der Waals surface area contributed by atoms with E-state index in [9.17, 15) is 4.79 Å². The highest BCUT2D eigenvalue weighted by Gasteiger charge is 2.20. The van der Waals surface area contributed by atoms with E-state index in [1.165, 1.54) is 7.11 Å². The molecule has 0 aliphatic heterocycles. The summed E-state index contributed by atoms with van der Waals surface area (Å²) in [6.45, 7) is 7.83. The zero-order valence-electron chi connectivity index (χ0n) is 13.5. The first-order valence-electron chi connectivity index (χ1n) is 7.09. The first-order valence-corrected chi connectivity index (χ1v) is 7.09. The number of carbonyl (C=O) groups excluding carboxylic acids is 1. The zero-order valence-corrected chi connectivity index (χ0v) is 13.5. The Morgan fingerprint density at radius 2 is 1.60 bits per heavy atom. The van der Waals surface area contributed by atoms with Crippen LogP contribution in [0, 0.1) is 0 Å². The fraction of sp³-hybridized carbons (Fsp3) is 0.929. The minimum Gasteiger partial charge on any atom is -0.468 e. The standard InChI is InChI=1S/C14H30N2O4/c1-12(2)15-13(14(17)20-5)6-7-16(8-10-18-3)9-11-19-4/h12-13,15H,6-11H2,1-5H3. The van der Waals surface area contributed by atoms with Crippen LogP contribution in [0.4, 0.5) is 0 Å². The number of hydrogen-bond acceptors (Lipinski definition) is 6. The third-order valence-corrected chi connectivity index (χ3v) is 2.98. The topological polar surface area (TPSA) is 60.0 Å². The van der Waals surface area contributed by atoms with Gasteiger partial charge in [0, 0.05) is 39.9 Å². The zero-order chi connectivity index (χ0) is 15.4. The van der Waals surface area contributed by atoms with Crippen LogP contribution in [0.15, 0.2) is 0 Å². The van der Waals surface area contributed by atoms with Crippen LogP contribution >= 0.6 is 0 Å². The van der Waals surface area contributed by atoms with Crippen molar-refractivity contribution in [2.75, 3.05) is 54.2 Å². The summed E-state index contributed by atoms with van der Waals surface area (Å²) in [4.78, 5) is 14.0. The van der Waals surface area contributed by atoms with E-state index in [0.717, 1.165) is 19.6 Å². The van der Waals surface area contributed by atoms with Gasteiger partial charge in [-0.25, -0.2) is 0 Å². The lowest BCUT2D eigenvalue weighted by molar-refractivity contribution is -0.143. The molecule has 0 fully saturated rings. The molecular formula is C14H30N2O4. The third kappa shape index (κ3) is 9.25. The maximum atomic E-state index is 11.7. The van der Waals surface area contributed by atoms with Crippen LogP contribution in [0.3, 0.4) is 0 Å². The molecule has 6 heteroatoms. The van der Waals surface area contributed by atoms with Gasteiger partial charge in [-0.15, -0.1) is 0 Å². The Hall–Kier alpha value is -0.690. The summed E-state index contributed by atoms with van der Waals surface area (Å²) in [6, 6.07) is -0.0295. The summed E-state index contributed by atoms with van der Waals surface area (Å²) in [5, 5.41) is 3.23. The van der Waals surface area contributed by atoms with Crippen molar-refractivity contribution in [3.8, 4) is 0 Å². The minimum atomic E-state index is -0.271. The average Bonchev–Trinajstić information content (AvgIpc) is 2.43. The van der Waals surface area contributed by atoms with Crippen molar-refractivity contribution < 1.29 is 19.0 Å². The van der Waals surface area contributed by atoms with Crippen LogP contribution in [0.25, 0.3) is 0 Å². The molecule has 0 amide bonds. The molecule has 1 unspecified atom stereocenters. The Bertz CT molecular complexity index is 241. The van der Waals surface area contributed by atoms with Gasteiger partial charge >= 0.3 is 5.97 Å². The van der Waals surface area contributed by atoms with E-state index in [-0.39, 0.29) is 18.1 Å². The van der Waals surface area contributed by atoms with Crippen LogP contribution in [0.5, 0.6) is 0 Å². The van der Waals surface area contributed by atoms with Crippen molar-refractivity contribution in [2.45, 2.75) is 32.4 Å². The maximum absolute atomic E-state index is 11.7. The second kappa shape index (κ2) is 12.1. The van der Waals surface area contributed by atoms with Crippen LogP contribution in [0.1, 0.15) is 20.3 Å². The number of nitrogens with zero attached hydrogens (tertiary/aromatic N) is 1. The van der Waals surface area contributed by atoms with Gasteiger partial charge in [0.2, 0.25) is 0 Å². The number of ether oxygens (including phenoxy) is 3. The average molecular weight is 290 g/mol. The molecule has 0 aromatic rings. The van der Waals surface area contributed by atoms with Crippen LogP contribution < -0.4 is 5.32 Å². The molecule has 0 aromatic carbocycles. The Kier molecular flexibility index (Phi) is 11.7. The molecule has 1 atom stereocenters. The van der Waals surface area contributed by atoms with Crippen molar-refractivity contribution in [1.29, 1.82) is 0 Å². The van der Waals surface area contributed by atoms with Gasteiger partial charge in [-0.2, -0.15) is 0 Å². The monoisotopic (exact) mass is 290 g/mol. The Morgan fingerprint density at radius 1 is 1.05 bits per heavy atom. The van der Waals surface area contributed by atoms with Gasteiger partial charge in [0.05, 0.1) is 20.3 Å². The summed E-state index contributed by atoms with van der Waals surface area (Å²) in [5.74, 6) is -0.211. The molecule has 0 aliphatic carbocycles. The van der Waals surface area contributed by atoms with E-state index >= 15 is 0 Å². The fourth-order valence-electron chi connectivity index (χ4n) is 1.90. The highest BCUT2D eigenvalue weighted by molar-refractivity contribution is 5.75. The summed E-state index contributed by atoms with van der Waals surface area (Å²) < 4.78 is 15.0. The predicted octanol–water partition coefficient (Wildman–Crippen LogP) is 0.511. The Labute approximate surface area is 122 Å². The van der Waals surface area contributed by atoms with Gasteiger partial charge in [-0.05, 0) is 6.42 Å². The molecule has 0 heterocycles. The van der Waals surface area contributed by atoms with Crippen molar-refractivity contribution in [1.82, 2.24) is 10.2 Å². The number of hydrogen-bond donors (Lipinski definition) is 1. The molecule has 0 saturated carbocycles. The number of carbonyl (C=O) groups is 1. The number of nitrogens with one attached hydrogen (secondary N) is 1. The van der Waals surface area contributed by atoms with E-state index in [1.54, 1.807) is 14.2 Å². The molecule has 20 heavy (non-hydrogen) atoms. The van der Waals surface area contributed by atoms with Crippen molar-refractivity contribution in [2.24, 2.45) is 0 Å². The largest absolute Gasteiger partial charge is 0.468 e. The summed E-state index contributed by atoms with van der Waals surface area (Å²) >= 11 is 0. The molecule has 120 valence electrons. The first kappa shape index (κ1) is 19.3. The Morgan fingerprint density at radius 3 is 2.00 bits per heavy atom. The smallest absolute Gasteiger partial charge is 0.322 e. The van der Waals surface area contributed by atoms with Crippen molar-refractivity contribution >= 4 is 5.97 Å². The van der Waals surface area contributed by atoms with E-state index in [0.29, 0.717) is 19.6 Å². The molecule has 0 rings (SSSR count). The quantitative estimate of drug-likeness (QED) is 0.529. The molecule has 0 bridgehead atoms. The van der Waals surface area contributed by atoms with E-state index in [1.807, 2.05) is 13.8 Å². The second-order valence-corrected chi connectivity index (χ2v) is 5.01. The summed E-state index contributed by atoms with van der Waals surface area (Å²) in [5.41, 5.74) is 0.